The molecule has 13 heteroatoms. The second-order valence-electron chi connectivity index (χ2n) is 10.4. The Kier molecular flexibility index (Phi) is 7.79. The zero-order valence-corrected chi connectivity index (χ0v) is 22.8. The third-order valence-corrected chi connectivity index (χ3v) is 8.71. The van der Waals surface area contributed by atoms with Gasteiger partial charge in [-0.15, -0.1) is 0 Å². The van der Waals surface area contributed by atoms with Crippen molar-refractivity contribution in [2.75, 3.05) is 12.8 Å². The number of carbonyl (C=O) groups is 2. The van der Waals surface area contributed by atoms with Crippen LogP contribution in [-0.4, -0.2) is 59.1 Å². The molecule has 10 nitrogen and oxygen atoms in total. The SMILES string of the molecule is CCn1nccc1C(=O)NC(c1cn2nc(CC3CCCNC3=O)c(S(C)=O)cc2n1)C1CCC(F)(F)CC1. The number of nitrogens with zero attached hydrogens (tertiary/aromatic N) is 5. The standard InChI is InChI=1S/C26H33F2N7O3S/c1-3-34-20(8-12-30-34)25(37)32-23(16-6-9-26(27,28)10-7-16)19-15-35-22(31-19)14-21(39(2)38)18(33-35)13-17-5-4-11-29-24(17)36/h8,12,14-17,23H,3-7,9-11,13H2,1-2H3,(H,29,36)(H,32,37). The summed E-state index contributed by atoms with van der Waals surface area (Å²) in [4.78, 5) is 30.8. The summed E-state index contributed by atoms with van der Waals surface area (Å²) in [6.45, 7) is 3.04. The monoisotopic (exact) mass is 561 g/mol. The summed E-state index contributed by atoms with van der Waals surface area (Å²) in [5.41, 5.74) is 1.86. The summed E-state index contributed by atoms with van der Waals surface area (Å²) in [7, 11) is -1.37. The topological polar surface area (TPSA) is 123 Å². The smallest absolute Gasteiger partial charge is 0.270 e. The zero-order chi connectivity index (χ0) is 27.7. The van der Waals surface area contributed by atoms with Crippen molar-refractivity contribution >= 4 is 28.3 Å². The van der Waals surface area contributed by atoms with E-state index in [4.69, 9.17) is 4.98 Å². The molecular weight excluding hydrogens is 528 g/mol. The summed E-state index contributed by atoms with van der Waals surface area (Å²) < 4.78 is 43.7. The number of imidazole rings is 1. The van der Waals surface area contributed by atoms with Gasteiger partial charge in [0.25, 0.3) is 5.91 Å². The maximum Gasteiger partial charge on any atom is 0.270 e. The van der Waals surface area contributed by atoms with Gasteiger partial charge in [0, 0.05) is 56.8 Å². The van der Waals surface area contributed by atoms with Gasteiger partial charge in [-0.1, -0.05) is 0 Å². The van der Waals surface area contributed by atoms with Gasteiger partial charge in [0.15, 0.2) is 5.65 Å². The van der Waals surface area contributed by atoms with Crippen molar-refractivity contribution in [1.82, 2.24) is 35.0 Å². The molecule has 0 radical (unpaired) electrons. The normalized spacial score (nSPS) is 21.4. The fourth-order valence-electron chi connectivity index (χ4n) is 5.59. The van der Waals surface area contributed by atoms with Gasteiger partial charge < -0.3 is 10.6 Å². The summed E-state index contributed by atoms with van der Waals surface area (Å²) >= 11 is 0. The molecule has 0 spiro atoms. The number of hydrogen-bond donors (Lipinski definition) is 2. The van der Waals surface area contributed by atoms with Crippen LogP contribution in [0.25, 0.3) is 5.65 Å². The van der Waals surface area contributed by atoms with Crippen LogP contribution in [0.3, 0.4) is 0 Å². The number of halogens is 2. The zero-order valence-electron chi connectivity index (χ0n) is 22.0. The van der Waals surface area contributed by atoms with Gasteiger partial charge in [-0.05, 0) is 44.6 Å². The molecule has 2 fully saturated rings. The van der Waals surface area contributed by atoms with Gasteiger partial charge in [-0.25, -0.2) is 18.3 Å². The second-order valence-corrected chi connectivity index (χ2v) is 11.7. The van der Waals surface area contributed by atoms with E-state index in [9.17, 15) is 22.6 Å². The Morgan fingerprint density at radius 1 is 1.31 bits per heavy atom. The van der Waals surface area contributed by atoms with Gasteiger partial charge in [0.05, 0.1) is 39.3 Å². The Hall–Kier alpha value is -3.22. The molecule has 3 aromatic rings. The van der Waals surface area contributed by atoms with Crippen molar-refractivity contribution in [2.24, 2.45) is 11.8 Å². The minimum atomic E-state index is -2.72. The number of hydrogen-bond acceptors (Lipinski definition) is 6. The predicted molar refractivity (Wildman–Crippen MR) is 140 cm³/mol. The minimum absolute atomic E-state index is 0.0366. The molecule has 5 rings (SSSR count). The first-order valence-corrected chi connectivity index (χ1v) is 14.9. The minimum Gasteiger partial charge on any atom is -0.356 e. The lowest BCUT2D eigenvalue weighted by atomic mass is 9.81. The Labute approximate surface area is 227 Å². The summed E-state index contributed by atoms with van der Waals surface area (Å²) in [6, 6.07) is 2.69. The van der Waals surface area contributed by atoms with E-state index < -0.39 is 22.8 Å². The molecule has 39 heavy (non-hydrogen) atoms. The molecule has 1 saturated carbocycles. The highest BCUT2D eigenvalue weighted by Crippen LogP contribution is 2.41. The first kappa shape index (κ1) is 27.4. The van der Waals surface area contributed by atoms with Crippen molar-refractivity contribution in [2.45, 2.75) is 75.3 Å². The van der Waals surface area contributed by atoms with E-state index in [0.29, 0.717) is 47.1 Å². The van der Waals surface area contributed by atoms with Crippen molar-refractivity contribution in [3.8, 4) is 0 Å². The number of carbonyl (C=O) groups excluding carboxylic acids is 2. The molecule has 2 aliphatic rings. The molecule has 2 N–H and O–H groups in total. The van der Waals surface area contributed by atoms with E-state index in [0.717, 1.165) is 12.8 Å². The molecule has 3 atom stereocenters. The van der Waals surface area contributed by atoms with Crippen molar-refractivity contribution < 1.29 is 22.6 Å². The Bertz CT molecular complexity index is 1400. The second kappa shape index (κ2) is 11.1. The fraction of sp³-hybridized carbons (Fsp3) is 0.577. The highest BCUT2D eigenvalue weighted by atomic mass is 32.2. The molecule has 4 heterocycles. The third kappa shape index (κ3) is 5.87. The van der Waals surface area contributed by atoms with Crippen molar-refractivity contribution in [3.63, 3.8) is 0 Å². The van der Waals surface area contributed by atoms with Crippen LogP contribution in [0.5, 0.6) is 0 Å². The average Bonchev–Trinajstić information content (AvgIpc) is 3.55. The average molecular weight is 562 g/mol. The maximum absolute atomic E-state index is 14.0. The number of nitrogens with one attached hydrogen (secondary N) is 2. The van der Waals surface area contributed by atoms with Crippen LogP contribution in [0.2, 0.25) is 0 Å². The summed E-state index contributed by atoms with van der Waals surface area (Å²) in [6.07, 6.45) is 6.71. The van der Waals surface area contributed by atoms with Crippen molar-refractivity contribution in [3.05, 3.63) is 41.6 Å². The van der Waals surface area contributed by atoms with E-state index in [-0.39, 0.29) is 49.3 Å². The van der Waals surface area contributed by atoms with Gasteiger partial charge in [-0.3, -0.25) is 18.5 Å². The van der Waals surface area contributed by atoms with Crippen LogP contribution in [0.15, 0.2) is 29.4 Å². The van der Waals surface area contributed by atoms with Crippen LogP contribution in [0.1, 0.15) is 73.4 Å². The highest BCUT2D eigenvalue weighted by Gasteiger charge is 2.39. The molecule has 1 saturated heterocycles. The molecule has 3 unspecified atom stereocenters. The Balaban J connectivity index is 1.49. The van der Waals surface area contributed by atoms with Crippen LogP contribution in [0, 0.1) is 11.8 Å². The molecule has 0 bridgehead atoms. The van der Waals surface area contributed by atoms with E-state index in [1.54, 1.807) is 40.0 Å². The first-order chi connectivity index (χ1) is 18.6. The molecule has 2 amide bonds. The lowest BCUT2D eigenvalue weighted by Gasteiger charge is -2.33. The van der Waals surface area contributed by atoms with E-state index in [1.807, 2.05) is 6.92 Å². The Morgan fingerprint density at radius 3 is 2.77 bits per heavy atom. The lowest BCUT2D eigenvalue weighted by Crippen LogP contribution is -2.38. The highest BCUT2D eigenvalue weighted by molar-refractivity contribution is 7.84. The fourth-order valence-corrected chi connectivity index (χ4v) is 6.32. The number of amides is 2. The van der Waals surface area contributed by atoms with E-state index >= 15 is 0 Å². The maximum atomic E-state index is 14.0. The molecule has 1 aliphatic heterocycles. The first-order valence-electron chi connectivity index (χ1n) is 13.4. The molecule has 210 valence electrons. The largest absolute Gasteiger partial charge is 0.356 e. The summed E-state index contributed by atoms with van der Waals surface area (Å²) in [5, 5.41) is 14.8. The quantitative estimate of drug-likeness (QED) is 0.436. The van der Waals surface area contributed by atoms with Crippen LogP contribution < -0.4 is 10.6 Å². The van der Waals surface area contributed by atoms with Crippen LogP contribution in [-0.2, 0) is 28.6 Å². The predicted octanol–water partition coefficient (Wildman–Crippen LogP) is 3.05. The molecule has 1 aliphatic carbocycles. The number of fused-ring (bicyclic) bond motifs is 1. The number of rotatable bonds is 8. The van der Waals surface area contributed by atoms with Gasteiger partial charge in [0.1, 0.15) is 5.69 Å². The third-order valence-electron chi connectivity index (χ3n) is 7.74. The number of alkyl halides is 2. The molecular formula is C26H33F2N7O3S. The Morgan fingerprint density at radius 2 is 2.08 bits per heavy atom. The van der Waals surface area contributed by atoms with Gasteiger partial charge in [-0.2, -0.15) is 10.2 Å². The van der Waals surface area contributed by atoms with Gasteiger partial charge in [0.2, 0.25) is 11.8 Å². The van der Waals surface area contributed by atoms with Crippen molar-refractivity contribution in [1.29, 1.82) is 0 Å². The number of piperidine rings is 1. The number of aryl methyl sites for hydroxylation is 1. The van der Waals surface area contributed by atoms with Crippen LogP contribution in [0.4, 0.5) is 8.78 Å². The lowest BCUT2D eigenvalue weighted by molar-refractivity contribution is -0.126. The molecule has 0 aromatic carbocycles. The summed E-state index contributed by atoms with van der Waals surface area (Å²) in [5.74, 6) is -3.62. The number of aromatic nitrogens is 5. The van der Waals surface area contributed by atoms with Gasteiger partial charge >= 0.3 is 0 Å². The van der Waals surface area contributed by atoms with Crippen LogP contribution >= 0.6 is 0 Å². The van der Waals surface area contributed by atoms with E-state index in [2.05, 4.69) is 20.8 Å². The van der Waals surface area contributed by atoms with E-state index in [1.165, 1.54) is 0 Å². The molecule has 3 aromatic heterocycles.